The van der Waals surface area contributed by atoms with Crippen LogP contribution in [0.4, 0.5) is 11.5 Å². The van der Waals surface area contributed by atoms with Crippen molar-refractivity contribution in [1.82, 2.24) is 15.1 Å². The summed E-state index contributed by atoms with van der Waals surface area (Å²) in [5.74, 6) is 0.771. The van der Waals surface area contributed by atoms with E-state index in [1.54, 1.807) is 0 Å². The summed E-state index contributed by atoms with van der Waals surface area (Å²) in [4.78, 5) is 5.01. The SMILES string of the molecule is Cc1c(C#N)cccc1[C@@H](C)Nc1nnc(C)c2ccc(N3CC(C)(N4CCOCC4)C3)cc12. The van der Waals surface area contributed by atoms with Crippen LogP contribution in [0.1, 0.15) is 42.3 Å². The van der Waals surface area contributed by atoms with Crippen LogP contribution in [0, 0.1) is 25.2 Å². The molecule has 7 heteroatoms. The highest BCUT2D eigenvalue weighted by atomic mass is 16.5. The molecule has 1 aromatic heterocycles. The van der Waals surface area contributed by atoms with Crippen molar-refractivity contribution in [2.45, 2.75) is 39.3 Å². The van der Waals surface area contributed by atoms with E-state index in [2.05, 4.69) is 69.5 Å². The topological polar surface area (TPSA) is 77.3 Å². The van der Waals surface area contributed by atoms with Crippen LogP contribution < -0.4 is 10.2 Å². The number of nitriles is 1. The van der Waals surface area contributed by atoms with Crippen LogP contribution >= 0.6 is 0 Å². The van der Waals surface area contributed by atoms with Crippen molar-refractivity contribution in [1.29, 1.82) is 5.26 Å². The average molecular weight is 457 g/mol. The molecule has 7 nitrogen and oxygen atoms in total. The smallest absolute Gasteiger partial charge is 0.157 e. The number of anilines is 2. The van der Waals surface area contributed by atoms with E-state index < -0.39 is 0 Å². The number of nitrogens with zero attached hydrogens (tertiary/aromatic N) is 5. The van der Waals surface area contributed by atoms with Crippen LogP contribution in [0.25, 0.3) is 10.8 Å². The number of ether oxygens (including phenoxy) is 1. The van der Waals surface area contributed by atoms with Crippen LogP contribution in [-0.2, 0) is 4.74 Å². The van der Waals surface area contributed by atoms with Crippen molar-refractivity contribution < 1.29 is 4.74 Å². The van der Waals surface area contributed by atoms with E-state index >= 15 is 0 Å². The summed E-state index contributed by atoms with van der Waals surface area (Å²) < 4.78 is 5.54. The van der Waals surface area contributed by atoms with Crippen LogP contribution in [0.2, 0.25) is 0 Å². The molecule has 0 spiro atoms. The Bertz CT molecular complexity index is 1250. The highest BCUT2D eigenvalue weighted by Crippen LogP contribution is 2.36. The van der Waals surface area contributed by atoms with Gasteiger partial charge in [-0.15, -0.1) is 5.10 Å². The van der Waals surface area contributed by atoms with E-state index in [-0.39, 0.29) is 11.6 Å². The van der Waals surface area contributed by atoms with Gasteiger partial charge >= 0.3 is 0 Å². The first-order chi connectivity index (χ1) is 16.4. The maximum Gasteiger partial charge on any atom is 0.157 e. The minimum atomic E-state index is -0.00853. The van der Waals surface area contributed by atoms with Gasteiger partial charge in [-0.05, 0) is 57.0 Å². The largest absolute Gasteiger partial charge is 0.379 e. The number of hydrogen-bond donors (Lipinski definition) is 1. The van der Waals surface area contributed by atoms with E-state index in [9.17, 15) is 5.26 Å². The number of aromatic nitrogens is 2. The summed E-state index contributed by atoms with van der Waals surface area (Å²) in [6.45, 7) is 14.2. The van der Waals surface area contributed by atoms with Gasteiger partial charge in [0.15, 0.2) is 5.82 Å². The molecule has 3 aromatic rings. The second kappa shape index (κ2) is 8.86. The Morgan fingerprint density at radius 3 is 2.59 bits per heavy atom. The van der Waals surface area contributed by atoms with Gasteiger partial charge in [-0.1, -0.05) is 18.2 Å². The second-order valence-electron chi connectivity index (χ2n) is 9.81. The van der Waals surface area contributed by atoms with Crippen LogP contribution in [0.15, 0.2) is 36.4 Å². The average Bonchev–Trinajstić information content (AvgIpc) is 2.84. The van der Waals surface area contributed by atoms with Crippen molar-refractivity contribution in [2.24, 2.45) is 0 Å². The van der Waals surface area contributed by atoms with Crippen LogP contribution in [-0.4, -0.2) is 60.0 Å². The van der Waals surface area contributed by atoms with Crippen molar-refractivity contribution in [3.63, 3.8) is 0 Å². The second-order valence-corrected chi connectivity index (χ2v) is 9.81. The van der Waals surface area contributed by atoms with Crippen molar-refractivity contribution in [2.75, 3.05) is 49.6 Å². The van der Waals surface area contributed by atoms with Gasteiger partial charge in [0, 0.05) is 42.6 Å². The van der Waals surface area contributed by atoms with Gasteiger partial charge in [0.25, 0.3) is 0 Å². The first kappa shape index (κ1) is 22.6. The first-order valence-electron chi connectivity index (χ1n) is 12.0. The number of aryl methyl sites for hydroxylation is 1. The molecular formula is C27H32N6O. The molecule has 0 saturated carbocycles. The maximum atomic E-state index is 9.41. The molecule has 0 aliphatic carbocycles. The standard InChI is InChI=1S/C27H32N6O/c1-18-21(15-28)6-5-7-23(18)19(2)29-26-25-14-22(8-9-24(25)20(3)30-31-26)32-16-27(4,17-32)33-10-12-34-13-11-33/h5-9,14,19H,10-13,16-17H2,1-4H3,(H,29,31)/t19-/m1/s1. The van der Waals surface area contributed by atoms with E-state index in [4.69, 9.17) is 4.74 Å². The molecule has 0 amide bonds. The molecule has 2 aromatic carbocycles. The van der Waals surface area contributed by atoms with Gasteiger partial charge < -0.3 is 15.0 Å². The first-order valence-corrected chi connectivity index (χ1v) is 12.0. The summed E-state index contributed by atoms with van der Waals surface area (Å²) in [6.07, 6.45) is 0. The van der Waals surface area contributed by atoms with Gasteiger partial charge in [0.05, 0.1) is 42.1 Å². The lowest BCUT2D eigenvalue weighted by Crippen LogP contribution is -2.70. The summed E-state index contributed by atoms with van der Waals surface area (Å²) in [6, 6.07) is 14.7. The fourth-order valence-corrected chi connectivity index (χ4v) is 5.37. The number of nitrogens with one attached hydrogen (secondary N) is 1. The molecule has 1 N–H and O–H groups in total. The number of rotatable bonds is 5. The lowest BCUT2D eigenvalue weighted by Gasteiger charge is -2.56. The van der Waals surface area contributed by atoms with E-state index in [0.717, 1.165) is 72.8 Å². The summed E-state index contributed by atoms with van der Waals surface area (Å²) in [5.41, 5.74) is 5.12. The molecule has 0 unspecified atom stereocenters. The third-order valence-corrected chi connectivity index (χ3v) is 7.47. The highest BCUT2D eigenvalue weighted by molar-refractivity contribution is 5.95. The summed E-state index contributed by atoms with van der Waals surface area (Å²) in [7, 11) is 0. The Morgan fingerprint density at radius 2 is 1.85 bits per heavy atom. The lowest BCUT2D eigenvalue weighted by molar-refractivity contribution is -0.0265. The molecule has 2 aliphatic heterocycles. The number of fused-ring (bicyclic) bond motifs is 1. The quantitative estimate of drug-likeness (QED) is 0.616. The molecule has 1 atom stereocenters. The van der Waals surface area contributed by atoms with Crippen LogP contribution in [0.5, 0.6) is 0 Å². The molecule has 0 radical (unpaired) electrons. The maximum absolute atomic E-state index is 9.41. The molecule has 2 fully saturated rings. The molecule has 34 heavy (non-hydrogen) atoms. The molecule has 2 aliphatic rings. The molecule has 3 heterocycles. The summed E-state index contributed by atoms with van der Waals surface area (Å²) >= 11 is 0. The zero-order valence-electron chi connectivity index (χ0n) is 20.4. The van der Waals surface area contributed by atoms with Gasteiger partial charge in [0.2, 0.25) is 0 Å². The van der Waals surface area contributed by atoms with Gasteiger partial charge in [0.1, 0.15) is 0 Å². The Morgan fingerprint density at radius 1 is 1.09 bits per heavy atom. The lowest BCUT2D eigenvalue weighted by atomic mass is 9.88. The minimum absolute atomic E-state index is 0.00853. The molecular weight excluding hydrogens is 424 g/mol. The Labute approximate surface area is 201 Å². The van der Waals surface area contributed by atoms with Crippen LogP contribution in [0.3, 0.4) is 0 Å². The summed E-state index contributed by atoms with van der Waals surface area (Å²) in [5, 5.41) is 24.1. The van der Waals surface area contributed by atoms with Crippen molar-refractivity contribution in [3.8, 4) is 6.07 Å². The van der Waals surface area contributed by atoms with Gasteiger partial charge in [-0.3, -0.25) is 4.90 Å². The predicted octanol–water partition coefficient (Wildman–Crippen LogP) is 4.20. The fraction of sp³-hybridized carbons (Fsp3) is 0.444. The van der Waals surface area contributed by atoms with E-state index in [1.165, 1.54) is 5.69 Å². The Hall–Kier alpha value is -3.21. The number of hydrogen-bond acceptors (Lipinski definition) is 7. The number of morpholine rings is 1. The fourth-order valence-electron chi connectivity index (χ4n) is 5.37. The minimum Gasteiger partial charge on any atom is -0.379 e. The third kappa shape index (κ3) is 3.97. The molecule has 176 valence electrons. The van der Waals surface area contributed by atoms with E-state index in [0.29, 0.717) is 5.56 Å². The zero-order chi connectivity index (χ0) is 23.9. The van der Waals surface area contributed by atoms with Gasteiger partial charge in [-0.2, -0.15) is 10.4 Å². The van der Waals surface area contributed by atoms with Crippen molar-refractivity contribution >= 4 is 22.3 Å². The zero-order valence-corrected chi connectivity index (χ0v) is 20.4. The normalized spacial score (nSPS) is 18.9. The Kier molecular flexibility index (Phi) is 5.88. The van der Waals surface area contributed by atoms with Gasteiger partial charge in [-0.25, -0.2) is 0 Å². The van der Waals surface area contributed by atoms with Crippen molar-refractivity contribution in [3.05, 3.63) is 58.8 Å². The predicted molar refractivity (Wildman–Crippen MR) is 135 cm³/mol. The molecule has 5 rings (SSSR count). The Balaban J connectivity index is 1.41. The van der Waals surface area contributed by atoms with E-state index in [1.807, 2.05) is 26.0 Å². The third-order valence-electron chi connectivity index (χ3n) is 7.47. The molecule has 0 bridgehead atoms. The molecule has 2 saturated heterocycles. The highest BCUT2D eigenvalue weighted by Gasteiger charge is 2.44. The number of benzene rings is 2. The monoisotopic (exact) mass is 456 g/mol.